The lowest BCUT2D eigenvalue weighted by Gasteiger charge is -2.26. The Balaban J connectivity index is 3.05. The van der Waals surface area contributed by atoms with Crippen molar-refractivity contribution in [3.8, 4) is 0 Å². The molecule has 11 nitrogen and oxygen atoms in total. The summed E-state index contributed by atoms with van der Waals surface area (Å²) < 4.78 is 43.8. The van der Waals surface area contributed by atoms with Crippen molar-refractivity contribution in [1.29, 1.82) is 0 Å². The molecule has 0 aliphatic rings. The van der Waals surface area contributed by atoms with E-state index in [4.69, 9.17) is 14.2 Å². The van der Waals surface area contributed by atoms with Crippen LogP contribution in [0.1, 0.15) is 73.9 Å². The molecule has 1 aromatic carbocycles. The van der Waals surface area contributed by atoms with Crippen LogP contribution in [0.25, 0.3) is 0 Å². The number of ether oxygens (including phenoxy) is 3. The Bertz CT molecular complexity index is 985. The number of hydrogen-bond donors (Lipinski definition) is 3. The fourth-order valence-electron chi connectivity index (χ4n) is 2.40. The third-order valence-corrected chi connectivity index (χ3v) is 4.36. The van der Waals surface area contributed by atoms with Gasteiger partial charge in [-0.15, -0.1) is 0 Å². The molecular formula is C22H35N3O8S. The van der Waals surface area contributed by atoms with E-state index < -0.39 is 51.2 Å². The molecule has 0 heterocycles. The van der Waals surface area contributed by atoms with E-state index in [2.05, 4.69) is 10.0 Å². The second-order valence-electron chi connectivity index (χ2n) is 10.4. The summed E-state index contributed by atoms with van der Waals surface area (Å²) in [5, 5.41) is 2.48. The molecule has 0 bridgehead atoms. The van der Waals surface area contributed by atoms with Crippen LogP contribution >= 0.6 is 0 Å². The second-order valence-corrected chi connectivity index (χ2v) is 11.9. The molecular weight excluding hydrogens is 466 g/mol. The largest absolute Gasteiger partial charge is 0.458 e. The van der Waals surface area contributed by atoms with E-state index >= 15 is 0 Å². The average molecular weight is 502 g/mol. The Morgan fingerprint density at radius 2 is 1.18 bits per heavy atom. The topological polar surface area (TPSA) is 149 Å². The lowest BCUT2D eigenvalue weighted by Crippen LogP contribution is -2.40. The Morgan fingerprint density at radius 3 is 1.62 bits per heavy atom. The number of benzene rings is 1. The second kappa shape index (κ2) is 10.5. The van der Waals surface area contributed by atoms with Crippen LogP contribution in [-0.4, -0.2) is 43.4 Å². The molecule has 0 fully saturated rings. The van der Waals surface area contributed by atoms with Gasteiger partial charge in [0.25, 0.3) is 0 Å². The maximum absolute atomic E-state index is 12.7. The van der Waals surface area contributed by atoms with Gasteiger partial charge in [-0.3, -0.25) is 4.72 Å². The molecule has 1 rings (SSSR count). The van der Waals surface area contributed by atoms with Crippen molar-refractivity contribution in [3.63, 3.8) is 0 Å². The first-order valence-electron chi connectivity index (χ1n) is 10.5. The van der Waals surface area contributed by atoms with Gasteiger partial charge in [0.05, 0.1) is 5.69 Å². The third-order valence-electron chi connectivity index (χ3n) is 3.42. The quantitative estimate of drug-likeness (QED) is 0.394. The Kier molecular flexibility index (Phi) is 8.96. The van der Waals surface area contributed by atoms with Crippen molar-refractivity contribution in [2.45, 2.75) is 85.2 Å². The standard InChI is InChI=1S/C22H35N3O8S/c1-20(2,3)31-17(26)16(23-18(27)32-21(4,5)6)14-10-12-15(13-11-14)24-34(29,30)25-19(28)33-22(7,8)9/h10-13,16,24H,1-9H3,(H,23,27)(H,25,28)/t16-/m0/s1. The summed E-state index contributed by atoms with van der Waals surface area (Å²) in [5.74, 6) is -0.724. The Morgan fingerprint density at radius 1 is 0.735 bits per heavy atom. The molecule has 0 aliphatic heterocycles. The number of anilines is 1. The highest BCUT2D eigenvalue weighted by Crippen LogP contribution is 2.22. The van der Waals surface area contributed by atoms with Crippen molar-refractivity contribution in [2.24, 2.45) is 0 Å². The highest BCUT2D eigenvalue weighted by atomic mass is 32.2. The lowest BCUT2D eigenvalue weighted by atomic mass is 10.1. The zero-order valence-corrected chi connectivity index (χ0v) is 21.9. The molecule has 192 valence electrons. The van der Waals surface area contributed by atoms with E-state index in [9.17, 15) is 22.8 Å². The van der Waals surface area contributed by atoms with Crippen molar-refractivity contribution in [1.82, 2.24) is 10.0 Å². The summed E-state index contributed by atoms with van der Waals surface area (Å²) in [6, 6.07) is 4.36. The lowest BCUT2D eigenvalue weighted by molar-refractivity contribution is -0.157. The molecule has 0 saturated heterocycles. The van der Waals surface area contributed by atoms with Gasteiger partial charge in [0.15, 0.2) is 6.04 Å². The van der Waals surface area contributed by atoms with Crippen LogP contribution in [-0.2, 0) is 29.2 Å². The normalized spacial score (nSPS) is 13.3. The number of carbonyl (C=O) groups is 3. The molecule has 0 saturated carbocycles. The van der Waals surface area contributed by atoms with E-state index in [1.54, 1.807) is 67.0 Å². The molecule has 0 aliphatic carbocycles. The number of carbonyl (C=O) groups excluding carboxylic acids is 3. The zero-order valence-electron chi connectivity index (χ0n) is 21.1. The monoisotopic (exact) mass is 501 g/mol. The van der Waals surface area contributed by atoms with Crippen LogP contribution in [0, 0.1) is 0 Å². The van der Waals surface area contributed by atoms with Crippen LogP contribution in [0.15, 0.2) is 24.3 Å². The number of rotatable bonds is 6. The first-order valence-corrected chi connectivity index (χ1v) is 12.0. The smallest absolute Gasteiger partial charge is 0.422 e. The maximum Gasteiger partial charge on any atom is 0.422 e. The van der Waals surface area contributed by atoms with E-state index in [1.165, 1.54) is 24.3 Å². The minimum Gasteiger partial charge on any atom is -0.458 e. The fraction of sp³-hybridized carbons (Fsp3) is 0.591. The average Bonchev–Trinajstić information content (AvgIpc) is 2.54. The van der Waals surface area contributed by atoms with Crippen molar-refractivity contribution < 1.29 is 37.0 Å². The summed E-state index contributed by atoms with van der Waals surface area (Å²) in [6.07, 6.45) is -1.96. The predicted octanol–water partition coefficient (Wildman–Crippen LogP) is 3.78. The van der Waals surface area contributed by atoms with Crippen LogP contribution < -0.4 is 14.8 Å². The number of nitrogens with one attached hydrogen (secondary N) is 3. The highest BCUT2D eigenvalue weighted by Gasteiger charge is 2.30. The van der Waals surface area contributed by atoms with Crippen LogP contribution in [0.3, 0.4) is 0 Å². The summed E-state index contributed by atoms with van der Waals surface area (Å²) in [5.41, 5.74) is -2.05. The van der Waals surface area contributed by atoms with E-state index in [-0.39, 0.29) is 5.69 Å². The van der Waals surface area contributed by atoms with Crippen molar-refractivity contribution in [3.05, 3.63) is 29.8 Å². The highest BCUT2D eigenvalue weighted by molar-refractivity contribution is 7.91. The van der Waals surface area contributed by atoms with Gasteiger partial charge in [-0.05, 0) is 80.0 Å². The molecule has 0 unspecified atom stereocenters. The van der Waals surface area contributed by atoms with Crippen molar-refractivity contribution >= 4 is 34.1 Å². The number of amides is 2. The fourth-order valence-corrected chi connectivity index (χ4v) is 3.16. The molecule has 34 heavy (non-hydrogen) atoms. The summed E-state index contributed by atoms with van der Waals surface area (Å²) in [6.45, 7) is 14.9. The SMILES string of the molecule is CC(C)(C)OC(=O)N[C@H](C(=O)OC(C)(C)C)c1ccc(NS(=O)(=O)NC(=O)OC(C)(C)C)cc1. The van der Waals surface area contributed by atoms with E-state index in [0.717, 1.165) is 0 Å². The molecule has 3 N–H and O–H groups in total. The Labute approximate surface area is 201 Å². The van der Waals surface area contributed by atoms with E-state index in [1.807, 2.05) is 0 Å². The van der Waals surface area contributed by atoms with Gasteiger partial charge in [0, 0.05) is 0 Å². The molecule has 0 radical (unpaired) electrons. The van der Waals surface area contributed by atoms with Gasteiger partial charge < -0.3 is 19.5 Å². The Hall–Kier alpha value is -3.02. The van der Waals surface area contributed by atoms with Crippen molar-refractivity contribution in [2.75, 3.05) is 4.72 Å². The third kappa shape index (κ3) is 11.7. The van der Waals surface area contributed by atoms with Crippen LogP contribution in [0.4, 0.5) is 15.3 Å². The first kappa shape index (κ1) is 29.0. The number of esters is 1. The molecule has 1 aromatic rings. The summed E-state index contributed by atoms with van der Waals surface area (Å²) in [4.78, 5) is 36.8. The molecule has 0 aromatic heterocycles. The first-order chi connectivity index (χ1) is 15.2. The maximum atomic E-state index is 12.7. The number of alkyl carbamates (subject to hydrolysis) is 1. The summed E-state index contributed by atoms with van der Waals surface area (Å²) in [7, 11) is -4.27. The van der Waals surface area contributed by atoms with Gasteiger partial charge in [-0.1, -0.05) is 12.1 Å². The van der Waals surface area contributed by atoms with Gasteiger partial charge >= 0.3 is 28.4 Å². The minimum absolute atomic E-state index is 0.0972. The van der Waals surface area contributed by atoms with Gasteiger partial charge in [0.1, 0.15) is 16.8 Å². The number of hydrogen-bond acceptors (Lipinski definition) is 8. The molecule has 1 atom stereocenters. The van der Waals surface area contributed by atoms with Gasteiger partial charge in [-0.2, -0.15) is 8.42 Å². The van der Waals surface area contributed by atoms with Gasteiger partial charge in [0.2, 0.25) is 0 Å². The van der Waals surface area contributed by atoms with Crippen LogP contribution in [0.5, 0.6) is 0 Å². The molecule has 0 spiro atoms. The summed E-state index contributed by atoms with van der Waals surface area (Å²) >= 11 is 0. The molecule has 2 amide bonds. The predicted molar refractivity (Wildman–Crippen MR) is 126 cm³/mol. The molecule has 12 heteroatoms. The van der Waals surface area contributed by atoms with Gasteiger partial charge in [-0.25, -0.2) is 19.1 Å². The minimum atomic E-state index is -4.27. The van der Waals surface area contributed by atoms with E-state index in [0.29, 0.717) is 5.56 Å². The zero-order chi connectivity index (χ0) is 26.5. The van der Waals surface area contributed by atoms with Crippen LogP contribution in [0.2, 0.25) is 0 Å².